The lowest BCUT2D eigenvalue weighted by atomic mass is 10.0. The molecule has 0 unspecified atom stereocenters. The molecule has 0 aliphatic rings. The normalized spacial score (nSPS) is 11.3. The number of nitrogens with one attached hydrogen (secondary N) is 2. The van der Waals surface area contributed by atoms with E-state index in [4.69, 9.17) is 14.6 Å². The molecule has 0 saturated carbocycles. The predicted molar refractivity (Wildman–Crippen MR) is 195 cm³/mol. The van der Waals surface area contributed by atoms with Crippen LogP contribution in [0.3, 0.4) is 0 Å². The number of ether oxygens (including phenoxy) is 1. The smallest absolute Gasteiger partial charge is 0.259 e. The second-order valence-corrected chi connectivity index (χ2v) is 12.3. The number of methoxy groups -OCH3 is 1. The number of carbonyl (C=O) groups excluding carboxylic acids is 1. The lowest BCUT2D eigenvalue weighted by Gasteiger charge is -2.13. The van der Waals surface area contributed by atoms with Gasteiger partial charge in [0.05, 0.1) is 35.2 Å². The van der Waals surface area contributed by atoms with Crippen molar-refractivity contribution in [2.24, 2.45) is 10.2 Å². The number of rotatable bonds is 10. The highest BCUT2D eigenvalue weighted by Gasteiger charge is 2.20. The number of azo groups is 1. The van der Waals surface area contributed by atoms with Gasteiger partial charge in [0.25, 0.3) is 5.91 Å². The molecule has 3 N–H and O–H groups in total. The van der Waals surface area contributed by atoms with Crippen molar-refractivity contribution >= 4 is 61.0 Å². The van der Waals surface area contributed by atoms with Crippen molar-refractivity contribution in [3.63, 3.8) is 0 Å². The zero-order valence-electron chi connectivity index (χ0n) is 26.7. The third-order valence-corrected chi connectivity index (χ3v) is 9.05. The number of hydrogen-bond acceptors (Lipinski definition) is 9. The van der Waals surface area contributed by atoms with E-state index >= 15 is 0 Å². The van der Waals surface area contributed by atoms with Crippen molar-refractivity contribution in [3.05, 3.63) is 138 Å². The van der Waals surface area contributed by atoms with Gasteiger partial charge in [0, 0.05) is 16.6 Å². The number of fused-ring (bicyclic) bond motifs is 2. The van der Waals surface area contributed by atoms with Crippen LogP contribution in [0.4, 0.5) is 22.7 Å². The summed E-state index contributed by atoms with van der Waals surface area (Å²) >= 11 is 1.59. The van der Waals surface area contributed by atoms with Crippen molar-refractivity contribution in [2.75, 3.05) is 17.9 Å². The van der Waals surface area contributed by atoms with Crippen LogP contribution in [0.1, 0.15) is 21.5 Å². The Labute approximate surface area is 286 Å². The number of aromatic nitrogens is 1. The number of hydrogen-bond donors (Lipinski definition) is 3. The molecule has 0 fully saturated rings. The quantitative estimate of drug-likeness (QED) is 0.0989. The first-order valence-corrected chi connectivity index (χ1v) is 16.3. The summed E-state index contributed by atoms with van der Waals surface area (Å²) in [6, 6.07) is 37.9. The number of carbonyl (C=O) groups is 1. The highest BCUT2D eigenvalue weighted by molar-refractivity contribution is 7.21. The Morgan fingerprint density at radius 3 is 2.49 bits per heavy atom. The van der Waals surface area contributed by atoms with Gasteiger partial charge in [-0.1, -0.05) is 66.7 Å². The van der Waals surface area contributed by atoms with Gasteiger partial charge in [-0.05, 0) is 78.0 Å². The van der Waals surface area contributed by atoms with Crippen molar-refractivity contribution in [1.82, 2.24) is 4.98 Å². The molecule has 0 spiro atoms. The average Bonchev–Trinajstić information content (AvgIpc) is 3.57. The number of nitrogens with zero attached hydrogens (tertiary/aromatic N) is 3. The van der Waals surface area contributed by atoms with Crippen molar-refractivity contribution in [1.29, 1.82) is 0 Å². The van der Waals surface area contributed by atoms with E-state index in [0.717, 1.165) is 37.6 Å². The Hall–Kier alpha value is -6.10. The summed E-state index contributed by atoms with van der Waals surface area (Å²) in [6.07, 6.45) is 0. The largest absolute Gasteiger partial charge is 0.505 e. The monoisotopic (exact) mass is 665 g/mol. The van der Waals surface area contributed by atoms with Crippen molar-refractivity contribution < 1.29 is 19.5 Å². The molecule has 0 aliphatic heterocycles. The van der Waals surface area contributed by atoms with E-state index in [2.05, 4.69) is 21.0 Å². The summed E-state index contributed by atoms with van der Waals surface area (Å²) < 4.78 is 6.64. The maximum Gasteiger partial charge on any atom is 0.259 e. The van der Waals surface area contributed by atoms with Crippen LogP contribution in [-0.4, -0.2) is 23.1 Å². The van der Waals surface area contributed by atoms with Gasteiger partial charge in [-0.25, -0.2) is 4.98 Å². The van der Waals surface area contributed by atoms with Gasteiger partial charge in [-0.3, -0.25) is 15.1 Å². The number of aromatic hydroxyl groups is 1. The van der Waals surface area contributed by atoms with E-state index in [9.17, 15) is 9.90 Å². The standard InChI is InChI=1S/C39H31N5O4S/c1-24-10-6-7-13-31(24)40-38(46)30-22-27-21-26(39-41-32-14-8-9-15-35(32)49-39)17-18-29(27)36(37(30)45)43-42-33-20-25(16-19-34(33)47-2)23-48-44-28-11-4-3-5-12-28/h3-22,44-45H,23H2,1-2H3,(H,40,46). The molecule has 1 amide bonds. The summed E-state index contributed by atoms with van der Waals surface area (Å²) in [4.78, 5) is 24.2. The number of para-hydroxylation sites is 3. The van der Waals surface area contributed by atoms with E-state index in [1.165, 1.54) is 0 Å². The molecule has 9 nitrogen and oxygen atoms in total. The van der Waals surface area contributed by atoms with Gasteiger partial charge >= 0.3 is 0 Å². The van der Waals surface area contributed by atoms with Crippen molar-refractivity contribution in [3.8, 4) is 22.1 Å². The number of thiazole rings is 1. The van der Waals surface area contributed by atoms with Gasteiger partial charge in [-0.2, -0.15) is 0 Å². The number of phenols is 1. The highest BCUT2D eigenvalue weighted by atomic mass is 32.1. The van der Waals surface area contributed by atoms with Crippen LogP contribution in [-0.2, 0) is 11.4 Å². The number of phenolic OH excluding ortho intramolecular Hbond substituents is 1. The maximum absolute atomic E-state index is 13.7. The minimum atomic E-state index is -0.474. The minimum absolute atomic E-state index is 0.0623. The van der Waals surface area contributed by atoms with Crippen molar-refractivity contribution in [2.45, 2.75) is 13.5 Å². The topological polar surface area (TPSA) is 117 Å². The minimum Gasteiger partial charge on any atom is -0.505 e. The second kappa shape index (κ2) is 13.9. The number of amides is 1. The van der Waals surface area contributed by atoms with Crippen LogP contribution in [0.5, 0.6) is 11.5 Å². The second-order valence-electron chi connectivity index (χ2n) is 11.3. The molecule has 0 radical (unpaired) electrons. The molecule has 6 aromatic carbocycles. The fourth-order valence-electron chi connectivity index (χ4n) is 5.40. The Kier molecular flexibility index (Phi) is 8.96. The summed E-state index contributed by atoms with van der Waals surface area (Å²) in [7, 11) is 1.55. The molecule has 49 heavy (non-hydrogen) atoms. The molecule has 10 heteroatoms. The Balaban J connectivity index is 1.27. The molecule has 0 atom stereocenters. The van der Waals surface area contributed by atoms with Gasteiger partial charge in [0.15, 0.2) is 5.75 Å². The van der Waals surface area contributed by atoms with E-state index in [1.54, 1.807) is 36.6 Å². The first-order chi connectivity index (χ1) is 24.0. The number of aryl methyl sites for hydroxylation is 1. The zero-order chi connectivity index (χ0) is 33.7. The van der Waals surface area contributed by atoms with E-state index < -0.39 is 5.91 Å². The molecular formula is C39H31N5O4S. The molecular weight excluding hydrogens is 635 g/mol. The van der Waals surface area contributed by atoms with E-state index in [1.807, 2.05) is 110 Å². The SMILES string of the molecule is COc1ccc(CONc2ccccc2)cc1N=Nc1c(O)c(C(=O)Nc2ccccc2C)cc2cc(-c3nc4ccccc4s3)ccc12. The van der Waals surface area contributed by atoms with Crippen LogP contribution in [0.15, 0.2) is 132 Å². The van der Waals surface area contributed by atoms with Crippen LogP contribution in [0.2, 0.25) is 0 Å². The van der Waals surface area contributed by atoms with Crippen LogP contribution >= 0.6 is 11.3 Å². The third kappa shape index (κ3) is 6.82. The third-order valence-electron chi connectivity index (χ3n) is 7.97. The fraction of sp³-hybridized carbons (Fsp3) is 0.0769. The van der Waals surface area contributed by atoms with Gasteiger partial charge in [-0.15, -0.1) is 21.6 Å². The highest BCUT2D eigenvalue weighted by Crippen LogP contribution is 2.42. The van der Waals surface area contributed by atoms with Crippen LogP contribution in [0, 0.1) is 6.92 Å². The lowest BCUT2D eigenvalue weighted by molar-refractivity contribution is 0.102. The van der Waals surface area contributed by atoms with E-state index in [-0.39, 0.29) is 23.6 Å². The maximum atomic E-state index is 13.7. The molecule has 242 valence electrons. The fourth-order valence-corrected chi connectivity index (χ4v) is 6.36. The summed E-state index contributed by atoms with van der Waals surface area (Å²) in [6.45, 7) is 2.16. The predicted octanol–water partition coefficient (Wildman–Crippen LogP) is 10.4. The first kappa shape index (κ1) is 31.5. The Morgan fingerprint density at radius 2 is 1.67 bits per heavy atom. The summed E-state index contributed by atoms with van der Waals surface area (Å²) in [5, 5.41) is 25.7. The summed E-state index contributed by atoms with van der Waals surface area (Å²) in [5.41, 5.74) is 8.55. The first-order valence-electron chi connectivity index (χ1n) is 15.5. The molecule has 0 saturated heterocycles. The number of benzene rings is 6. The Morgan fingerprint density at radius 1 is 0.878 bits per heavy atom. The molecule has 1 heterocycles. The Bertz CT molecular complexity index is 2310. The van der Waals surface area contributed by atoms with Gasteiger partial charge in [0.2, 0.25) is 0 Å². The lowest BCUT2D eigenvalue weighted by Crippen LogP contribution is -2.13. The molecule has 0 aliphatic carbocycles. The molecule has 0 bridgehead atoms. The van der Waals surface area contributed by atoms with Gasteiger partial charge < -0.3 is 15.2 Å². The number of anilines is 2. The van der Waals surface area contributed by atoms with Gasteiger partial charge in [0.1, 0.15) is 22.1 Å². The summed E-state index contributed by atoms with van der Waals surface area (Å²) in [5.74, 6) is -0.280. The van der Waals surface area contributed by atoms with E-state index in [0.29, 0.717) is 27.9 Å². The molecule has 7 rings (SSSR count). The average molecular weight is 666 g/mol. The molecule has 7 aromatic rings. The zero-order valence-corrected chi connectivity index (χ0v) is 27.5. The molecule has 1 aromatic heterocycles. The van der Waals surface area contributed by atoms with Crippen LogP contribution in [0.25, 0.3) is 31.6 Å². The van der Waals surface area contributed by atoms with Crippen LogP contribution < -0.4 is 15.5 Å².